The van der Waals surface area contributed by atoms with Gasteiger partial charge in [-0.3, -0.25) is 0 Å². The molecule has 0 amide bonds. The molecule has 1 nitrogen and oxygen atoms in total. The van der Waals surface area contributed by atoms with E-state index < -0.39 is 0 Å². The SMILES string of the molecule is CC(C)c1cc(F)c(SCC2CC2)o1. The Morgan fingerprint density at radius 2 is 2.29 bits per heavy atom. The molecule has 0 atom stereocenters. The first-order valence-corrected chi connectivity index (χ1v) is 6.07. The number of hydrogen-bond acceptors (Lipinski definition) is 2. The van der Waals surface area contributed by atoms with Crippen LogP contribution in [0.2, 0.25) is 0 Å². The molecule has 3 heteroatoms. The quantitative estimate of drug-likeness (QED) is 0.701. The van der Waals surface area contributed by atoms with Crippen molar-refractivity contribution in [1.29, 1.82) is 0 Å². The molecule has 78 valence electrons. The third-order valence-electron chi connectivity index (χ3n) is 2.39. The van der Waals surface area contributed by atoms with Crippen LogP contribution >= 0.6 is 11.8 Å². The van der Waals surface area contributed by atoms with Crippen molar-refractivity contribution in [3.05, 3.63) is 17.6 Å². The summed E-state index contributed by atoms with van der Waals surface area (Å²) in [5.41, 5.74) is 0. The predicted octanol–water partition coefficient (Wildman–Crippen LogP) is 4.04. The molecule has 1 aliphatic rings. The van der Waals surface area contributed by atoms with E-state index in [-0.39, 0.29) is 11.7 Å². The van der Waals surface area contributed by atoms with Crippen molar-refractivity contribution in [2.24, 2.45) is 5.92 Å². The first-order chi connectivity index (χ1) is 6.66. The molecule has 0 radical (unpaired) electrons. The Balaban J connectivity index is 2.00. The van der Waals surface area contributed by atoms with E-state index in [2.05, 4.69) is 0 Å². The molecule has 1 heterocycles. The van der Waals surface area contributed by atoms with E-state index in [4.69, 9.17) is 4.42 Å². The standard InChI is InChI=1S/C11H15FOS/c1-7(2)10-5-9(12)11(13-10)14-6-8-3-4-8/h5,7-8H,3-4,6H2,1-2H3. The van der Waals surface area contributed by atoms with E-state index in [0.717, 1.165) is 17.4 Å². The van der Waals surface area contributed by atoms with Crippen LogP contribution in [0.25, 0.3) is 0 Å². The number of halogens is 1. The highest BCUT2D eigenvalue weighted by atomic mass is 32.2. The molecule has 1 saturated carbocycles. The lowest BCUT2D eigenvalue weighted by Gasteiger charge is -1.98. The smallest absolute Gasteiger partial charge is 0.196 e. The van der Waals surface area contributed by atoms with Gasteiger partial charge < -0.3 is 4.42 Å². The average Bonchev–Trinajstić information content (AvgIpc) is 2.87. The molecular formula is C11H15FOS. The molecule has 0 bridgehead atoms. The minimum Gasteiger partial charge on any atom is -0.451 e. The summed E-state index contributed by atoms with van der Waals surface area (Å²) < 4.78 is 18.8. The molecule has 1 aromatic rings. The monoisotopic (exact) mass is 214 g/mol. The summed E-state index contributed by atoms with van der Waals surface area (Å²) >= 11 is 1.51. The van der Waals surface area contributed by atoms with Gasteiger partial charge in [0.2, 0.25) is 0 Å². The Hall–Kier alpha value is -0.440. The maximum Gasteiger partial charge on any atom is 0.196 e. The molecule has 1 aliphatic carbocycles. The average molecular weight is 214 g/mol. The van der Waals surface area contributed by atoms with Gasteiger partial charge in [0.25, 0.3) is 0 Å². The van der Waals surface area contributed by atoms with E-state index in [0.29, 0.717) is 5.09 Å². The predicted molar refractivity (Wildman–Crippen MR) is 56.2 cm³/mol. The first-order valence-electron chi connectivity index (χ1n) is 5.09. The molecule has 1 aromatic heterocycles. The van der Waals surface area contributed by atoms with Gasteiger partial charge in [-0.25, -0.2) is 4.39 Å². The second-order valence-electron chi connectivity index (χ2n) is 4.19. The lowest BCUT2D eigenvalue weighted by Crippen LogP contribution is -1.81. The summed E-state index contributed by atoms with van der Waals surface area (Å²) in [5.74, 6) is 2.62. The Kier molecular flexibility index (Phi) is 2.86. The number of rotatable bonds is 4. The lowest BCUT2D eigenvalue weighted by molar-refractivity contribution is 0.392. The van der Waals surface area contributed by atoms with Crippen molar-refractivity contribution in [1.82, 2.24) is 0 Å². The van der Waals surface area contributed by atoms with E-state index >= 15 is 0 Å². The van der Waals surface area contributed by atoms with Crippen LogP contribution in [0.1, 0.15) is 38.4 Å². The van der Waals surface area contributed by atoms with Crippen LogP contribution in [0.15, 0.2) is 15.6 Å². The zero-order valence-corrected chi connectivity index (χ0v) is 9.36. The molecule has 1 fully saturated rings. The number of furan rings is 1. The fraction of sp³-hybridized carbons (Fsp3) is 0.636. The van der Waals surface area contributed by atoms with E-state index in [9.17, 15) is 4.39 Å². The fourth-order valence-corrected chi connectivity index (χ4v) is 2.30. The molecule has 14 heavy (non-hydrogen) atoms. The fourth-order valence-electron chi connectivity index (χ4n) is 1.23. The van der Waals surface area contributed by atoms with Crippen LogP contribution in [0.3, 0.4) is 0 Å². The Morgan fingerprint density at radius 3 is 2.79 bits per heavy atom. The topological polar surface area (TPSA) is 13.1 Å². The highest BCUT2D eigenvalue weighted by molar-refractivity contribution is 7.99. The molecule has 2 rings (SSSR count). The van der Waals surface area contributed by atoms with Crippen LogP contribution in [0.5, 0.6) is 0 Å². The van der Waals surface area contributed by atoms with E-state index in [1.54, 1.807) is 0 Å². The summed E-state index contributed by atoms with van der Waals surface area (Å²) in [7, 11) is 0. The molecule has 0 aliphatic heterocycles. The van der Waals surface area contributed by atoms with Gasteiger partial charge in [0.05, 0.1) is 0 Å². The van der Waals surface area contributed by atoms with Gasteiger partial charge in [-0.15, -0.1) is 0 Å². The lowest BCUT2D eigenvalue weighted by atomic mass is 10.2. The van der Waals surface area contributed by atoms with Crippen LogP contribution in [0.4, 0.5) is 4.39 Å². The highest BCUT2D eigenvalue weighted by Gasteiger charge is 2.23. The summed E-state index contributed by atoms with van der Waals surface area (Å²) in [5, 5.41) is 0.473. The second-order valence-corrected chi connectivity index (χ2v) is 5.19. The van der Waals surface area contributed by atoms with E-state index in [1.807, 2.05) is 13.8 Å². The third kappa shape index (κ3) is 2.32. The van der Waals surface area contributed by atoms with Crippen molar-refractivity contribution >= 4 is 11.8 Å². The van der Waals surface area contributed by atoms with Gasteiger partial charge in [0, 0.05) is 17.7 Å². The molecule has 0 N–H and O–H groups in total. The van der Waals surface area contributed by atoms with Crippen LogP contribution in [-0.4, -0.2) is 5.75 Å². The van der Waals surface area contributed by atoms with Crippen molar-refractivity contribution in [2.75, 3.05) is 5.75 Å². The largest absolute Gasteiger partial charge is 0.451 e. The van der Waals surface area contributed by atoms with Gasteiger partial charge in [-0.1, -0.05) is 25.6 Å². The first kappa shape index (κ1) is 10.1. The zero-order valence-electron chi connectivity index (χ0n) is 8.55. The molecular weight excluding hydrogens is 199 g/mol. The third-order valence-corrected chi connectivity index (χ3v) is 3.57. The molecule has 0 spiro atoms. The summed E-state index contributed by atoms with van der Waals surface area (Å²) in [6.45, 7) is 4.02. The molecule has 0 aromatic carbocycles. The van der Waals surface area contributed by atoms with Crippen LogP contribution in [-0.2, 0) is 0 Å². The molecule has 0 saturated heterocycles. The Labute approximate surface area is 88.1 Å². The van der Waals surface area contributed by atoms with E-state index in [1.165, 1.54) is 30.7 Å². The summed E-state index contributed by atoms with van der Waals surface area (Å²) in [6, 6.07) is 1.51. The van der Waals surface area contributed by atoms with Gasteiger partial charge in [0.1, 0.15) is 5.76 Å². The minimum absolute atomic E-state index is 0.195. The van der Waals surface area contributed by atoms with Gasteiger partial charge in [0.15, 0.2) is 10.9 Å². The Morgan fingerprint density at radius 1 is 1.57 bits per heavy atom. The zero-order chi connectivity index (χ0) is 10.1. The van der Waals surface area contributed by atoms with Gasteiger partial charge in [-0.2, -0.15) is 0 Å². The summed E-state index contributed by atoms with van der Waals surface area (Å²) in [6.07, 6.45) is 2.60. The summed E-state index contributed by atoms with van der Waals surface area (Å²) in [4.78, 5) is 0. The second kappa shape index (κ2) is 3.97. The Bertz CT molecular complexity index is 315. The van der Waals surface area contributed by atoms with Crippen LogP contribution < -0.4 is 0 Å². The maximum atomic E-state index is 13.3. The molecule has 0 unspecified atom stereocenters. The van der Waals surface area contributed by atoms with Crippen molar-refractivity contribution in [2.45, 2.75) is 37.7 Å². The van der Waals surface area contributed by atoms with Gasteiger partial charge >= 0.3 is 0 Å². The number of thioether (sulfide) groups is 1. The van der Waals surface area contributed by atoms with Crippen LogP contribution in [0, 0.1) is 11.7 Å². The normalized spacial score (nSPS) is 16.6. The van der Waals surface area contributed by atoms with Crippen molar-refractivity contribution < 1.29 is 8.81 Å². The minimum atomic E-state index is -0.195. The van der Waals surface area contributed by atoms with Crippen molar-refractivity contribution in [3.8, 4) is 0 Å². The number of hydrogen-bond donors (Lipinski definition) is 0. The van der Waals surface area contributed by atoms with Gasteiger partial charge in [-0.05, 0) is 18.8 Å². The van der Waals surface area contributed by atoms with Crippen molar-refractivity contribution in [3.63, 3.8) is 0 Å². The maximum absolute atomic E-state index is 13.3. The highest BCUT2D eigenvalue weighted by Crippen LogP contribution is 2.37.